The normalized spacial score (nSPS) is 10.4. The van der Waals surface area contributed by atoms with Crippen LogP contribution in [0.5, 0.6) is 0 Å². The summed E-state index contributed by atoms with van der Waals surface area (Å²) in [5.41, 5.74) is 2.69. The van der Waals surface area contributed by atoms with Gasteiger partial charge >= 0.3 is 0 Å². The minimum Gasteiger partial charge on any atom is -0.265 e. The molecule has 2 heterocycles. The predicted molar refractivity (Wildman–Crippen MR) is 88.1 cm³/mol. The van der Waals surface area contributed by atoms with Gasteiger partial charge in [-0.15, -0.1) is 11.8 Å². The molecule has 0 unspecified atom stereocenters. The molecule has 24 heavy (non-hydrogen) atoms. The van der Waals surface area contributed by atoms with Crippen LogP contribution in [0.15, 0.2) is 59.9 Å². The van der Waals surface area contributed by atoms with Gasteiger partial charge in [-0.3, -0.25) is 4.98 Å². The lowest BCUT2D eigenvalue weighted by molar-refractivity contribution is 0.507. The van der Waals surface area contributed by atoms with E-state index in [1.54, 1.807) is 24.5 Å². The van der Waals surface area contributed by atoms with Gasteiger partial charge in [-0.2, -0.15) is 5.26 Å². The Labute approximate surface area is 142 Å². The van der Waals surface area contributed by atoms with Gasteiger partial charge in [-0.25, -0.2) is 13.8 Å². The topological polar surface area (TPSA) is 49.6 Å². The van der Waals surface area contributed by atoms with E-state index in [9.17, 15) is 14.0 Å². The zero-order chi connectivity index (χ0) is 16.9. The summed E-state index contributed by atoms with van der Waals surface area (Å²) < 4.78 is 26.3. The van der Waals surface area contributed by atoms with E-state index in [0.717, 1.165) is 23.4 Å². The maximum Gasteiger partial charge on any atom is 0.159 e. The minimum atomic E-state index is -0.882. The molecule has 0 saturated heterocycles. The van der Waals surface area contributed by atoms with Gasteiger partial charge in [0.15, 0.2) is 11.6 Å². The summed E-state index contributed by atoms with van der Waals surface area (Å²) in [6.07, 6.45) is 3.34. The number of hydrogen-bond donors (Lipinski definition) is 0. The first-order valence-electron chi connectivity index (χ1n) is 7.05. The first kappa shape index (κ1) is 16.1. The molecule has 0 amide bonds. The van der Waals surface area contributed by atoms with Crippen molar-refractivity contribution >= 4 is 11.8 Å². The van der Waals surface area contributed by atoms with Gasteiger partial charge in [0.05, 0.1) is 11.3 Å². The summed E-state index contributed by atoms with van der Waals surface area (Å²) in [6, 6.07) is 13.0. The number of nitriles is 1. The Balaban J connectivity index is 1.86. The molecular formula is C18H11F2N3S. The molecule has 3 rings (SSSR count). The van der Waals surface area contributed by atoms with Gasteiger partial charge in [0.2, 0.25) is 0 Å². The molecule has 0 saturated carbocycles. The average Bonchev–Trinajstić information content (AvgIpc) is 2.63. The predicted octanol–water partition coefficient (Wildman–Crippen LogP) is 4.59. The molecule has 0 fully saturated rings. The van der Waals surface area contributed by atoms with E-state index in [-0.39, 0.29) is 0 Å². The van der Waals surface area contributed by atoms with Crippen molar-refractivity contribution in [3.63, 3.8) is 0 Å². The van der Waals surface area contributed by atoms with E-state index in [0.29, 0.717) is 21.9 Å². The third-order valence-corrected chi connectivity index (χ3v) is 4.38. The molecule has 0 aliphatic rings. The number of thioether (sulfide) groups is 1. The van der Waals surface area contributed by atoms with Crippen LogP contribution in [0.1, 0.15) is 11.1 Å². The van der Waals surface area contributed by atoms with Gasteiger partial charge in [0, 0.05) is 23.7 Å². The smallest absolute Gasteiger partial charge is 0.159 e. The number of pyridine rings is 2. The average molecular weight is 339 g/mol. The van der Waals surface area contributed by atoms with Gasteiger partial charge in [0.25, 0.3) is 0 Å². The van der Waals surface area contributed by atoms with Crippen LogP contribution in [0.3, 0.4) is 0 Å². The van der Waals surface area contributed by atoms with Crippen molar-refractivity contribution in [2.24, 2.45) is 0 Å². The molecule has 0 aliphatic heterocycles. The van der Waals surface area contributed by atoms with Crippen molar-refractivity contribution in [1.29, 1.82) is 5.26 Å². The SMILES string of the molecule is N#Cc1ccc(-c2ccncc2)nc1SCc1ccc(F)c(F)c1. The maximum atomic E-state index is 13.3. The summed E-state index contributed by atoms with van der Waals surface area (Å²) in [5.74, 6) is -1.37. The summed E-state index contributed by atoms with van der Waals surface area (Å²) in [6.45, 7) is 0. The second kappa shape index (κ2) is 7.20. The van der Waals surface area contributed by atoms with Crippen LogP contribution in [0.4, 0.5) is 8.78 Å². The Kier molecular flexibility index (Phi) is 4.82. The summed E-state index contributed by atoms with van der Waals surface area (Å²) in [7, 11) is 0. The van der Waals surface area contributed by atoms with Crippen molar-refractivity contribution < 1.29 is 8.78 Å². The molecule has 3 aromatic rings. The number of halogens is 2. The van der Waals surface area contributed by atoms with Crippen molar-refractivity contribution in [3.05, 3.63) is 77.6 Å². The van der Waals surface area contributed by atoms with Crippen LogP contribution in [0.25, 0.3) is 11.3 Å². The highest BCUT2D eigenvalue weighted by Crippen LogP contribution is 2.28. The van der Waals surface area contributed by atoms with Crippen LogP contribution in [-0.4, -0.2) is 9.97 Å². The molecule has 0 bridgehead atoms. The second-order valence-electron chi connectivity index (χ2n) is 4.93. The van der Waals surface area contributed by atoms with Gasteiger partial charge in [-0.05, 0) is 42.0 Å². The Morgan fingerprint density at radius 1 is 1.00 bits per heavy atom. The molecular weight excluding hydrogens is 328 g/mol. The fourth-order valence-corrected chi connectivity index (χ4v) is 3.02. The first-order chi connectivity index (χ1) is 11.7. The largest absolute Gasteiger partial charge is 0.265 e. The highest BCUT2D eigenvalue weighted by Gasteiger charge is 2.09. The third kappa shape index (κ3) is 3.58. The van der Waals surface area contributed by atoms with Crippen molar-refractivity contribution in [1.82, 2.24) is 9.97 Å². The molecule has 1 aromatic carbocycles. The lowest BCUT2D eigenvalue weighted by atomic mass is 10.1. The van der Waals surface area contributed by atoms with Crippen molar-refractivity contribution in [2.45, 2.75) is 10.8 Å². The summed E-state index contributed by atoms with van der Waals surface area (Å²) >= 11 is 1.31. The van der Waals surface area contributed by atoms with Gasteiger partial charge in [0.1, 0.15) is 11.1 Å². The molecule has 0 spiro atoms. The van der Waals surface area contributed by atoms with Gasteiger partial charge < -0.3 is 0 Å². The number of nitrogens with zero attached hydrogens (tertiary/aromatic N) is 3. The molecule has 2 aromatic heterocycles. The highest BCUT2D eigenvalue weighted by molar-refractivity contribution is 7.98. The van der Waals surface area contributed by atoms with E-state index in [4.69, 9.17) is 0 Å². The van der Waals surface area contributed by atoms with Crippen LogP contribution in [0, 0.1) is 23.0 Å². The standard InChI is InChI=1S/C18H11F2N3S/c19-15-3-1-12(9-16(15)20)11-24-18-14(10-21)2-4-17(23-18)13-5-7-22-8-6-13/h1-9H,11H2. The molecule has 0 radical (unpaired) electrons. The van der Waals surface area contributed by atoms with Crippen LogP contribution < -0.4 is 0 Å². The van der Waals surface area contributed by atoms with Crippen molar-refractivity contribution in [3.8, 4) is 17.3 Å². The zero-order valence-corrected chi connectivity index (χ0v) is 13.2. The quantitative estimate of drug-likeness (QED) is 0.653. The Morgan fingerprint density at radius 3 is 2.50 bits per heavy atom. The second-order valence-corrected chi connectivity index (χ2v) is 5.90. The Bertz CT molecular complexity index is 908. The van der Waals surface area contributed by atoms with E-state index >= 15 is 0 Å². The number of benzene rings is 1. The fourth-order valence-electron chi connectivity index (χ4n) is 2.10. The highest BCUT2D eigenvalue weighted by atomic mass is 32.2. The van der Waals surface area contributed by atoms with Crippen molar-refractivity contribution in [2.75, 3.05) is 0 Å². The van der Waals surface area contributed by atoms with E-state index in [1.165, 1.54) is 17.8 Å². The number of hydrogen-bond acceptors (Lipinski definition) is 4. The zero-order valence-electron chi connectivity index (χ0n) is 12.4. The lowest BCUT2D eigenvalue weighted by Gasteiger charge is -2.07. The molecule has 0 atom stereocenters. The Morgan fingerprint density at radius 2 is 1.79 bits per heavy atom. The Hall–Kier alpha value is -2.78. The first-order valence-corrected chi connectivity index (χ1v) is 8.04. The molecule has 0 N–H and O–H groups in total. The summed E-state index contributed by atoms with van der Waals surface area (Å²) in [4.78, 5) is 8.48. The van der Waals surface area contributed by atoms with E-state index < -0.39 is 11.6 Å². The van der Waals surface area contributed by atoms with Gasteiger partial charge in [-0.1, -0.05) is 6.07 Å². The fraction of sp³-hybridized carbons (Fsp3) is 0.0556. The van der Waals surface area contributed by atoms with Crippen LogP contribution >= 0.6 is 11.8 Å². The maximum absolute atomic E-state index is 13.3. The minimum absolute atomic E-state index is 0.388. The lowest BCUT2D eigenvalue weighted by Crippen LogP contribution is -1.93. The monoisotopic (exact) mass is 339 g/mol. The molecule has 6 heteroatoms. The molecule has 3 nitrogen and oxygen atoms in total. The number of rotatable bonds is 4. The summed E-state index contributed by atoms with van der Waals surface area (Å²) in [5, 5.41) is 9.79. The third-order valence-electron chi connectivity index (χ3n) is 3.32. The molecule has 0 aliphatic carbocycles. The number of aromatic nitrogens is 2. The van der Waals surface area contributed by atoms with Crippen LogP contribution in [0.2, 0.25) is 0 Å². The van der Waals surface area contributed by atoms with E-state index in [2.05, 4.69) is 16.0 Å². The molecule has 118 valence electrons. The van der Waals surface area contributed by atoms with Crippen LogP contribution in [-0.2, 0) is 5.75 Å². The van der Waals surface area contributed by atoms with E-state index in [1.807, 2.05) is 12.1 Å².